The van der Waals surface area contributed by atoms with Gasteiger partial charge in [0.25, 0.3) is 0 Å². The van der Waals surface area contributed by atoms with Crippen molar-refractivity contribution in [2.45, 2.75) is 32.0 Å². The van der Waals surface area contributed by atoms with Gasteiger partial charge in [0, 0.05) is 18.0 Å². The molecule has 0 aliphatic carbocycles. The van der Waals surface area contributed by atoms with Gasteiger partial charge >= 0.3 is 10.3 Å². The largest absolute Gasteiger partial charge is 0.338 e. The molecule has 10 heteroatoms. The lowest BCUT2D eigenvalue weighted by Gasteiger charge is -2.17. The van der Waals surface area contributed by atoms with Gasteiger partial charge in [-0.05, 0) is 25.4 Å². The Hall–Kier alpha value is -0.840. The summed E-state index contributed by atoms with van der Waals surface area (Å²) in [5.41, 5.74) is 0.531. The van der Waals surface area contributed by atoms with E-state index in [9.17, 15) is 8.42 Å². The first-order valence-corrected chi connectivity index (χ1v) is 7.42. The first-order valence-electron chi connectivity index (χ1n) is 5.63. The zero-order chi connectivity index (χ0) is 15.0. The lowest BCUT2D eigenvalue weighted by Crippen LogP contribution is -2.39. The van der Waals surface area contributed by atoms with Crippen LogP contribution in [0.1, 0.15) is 25.5 Å². The van der Waals surface area contributed by atoms with Crippen molar-refractivity contribution >= 4 is 21.9 Å². The molecule has 0 amide bonds. The van der Waals surface area contributed by atoms with Crippen molar-refractivity contribution in [3.05, 3.63) is 23.2 Å². The molecule has 20 heavy (non-hydrogen) atoms. The molecule has 0 radical (unpaired) electrons. The fraction of sp³-hybridized carbons (Fsp3) is 0.600. The fourth-order valence-corrected chi connectivity index (χ4v) is 2.40. The molecule has 1 aliphatic rings. The van der Waals surface area contributed by atoms with Gasteiger partial charge in [-0.1, -0.05) is 0 Å². The van der Waals surface area contributed by atoms with Crippen LogP contribution in [0.4, 0.5) is 0 Å². The minimum Gasteiger partial charge on any atom is -0.338 e. The van der Waals surface area contributed by atoms with Crippen LogP contribution in [0.25, 0.3) is 0 Å². The number of halogens is 1. The van der Waals surface area contributed by atoms with Gasteiger partial charge in [0.2, 0.25) is 5.28 Å². The van der Waals surface area contributed by atoms with E-state index >= 15 is 0 Å². The minimum atomic E-state index is -3.92. The first kappa shape index (κ1) is 15.5. The lowest BCUT2D eigenvalue weighted by atomic mass is 10.2. The molecule has 0 bridgehead atoms. The zero-order valence-electron chi connectivity index (χ0n) is 11.0. The van der Waals surface area contributed by atoms with Gasteiger partial charge < -0.3 is 9.47 Å². The molecule has 2 heterocycles. The Kier molecular flexibility index (Phi) is 4.28. The van der Waals surface area contributed by atoms with E-state index in [1.165, 1.54) is 12.4 Å². The molecule has 2 rings (SSSR count). The van der Waals surface area contributed by atoms with E-state index in [0.29, 0.717) is 5.56 Å². The van der Waals surface area contributed by atoms with E-state index in [2.05, 4.69) is 18.9 Å². The standard InChI is InChI=1S/C10H14ClN3O5S/c1-10(2)18-7(6-4-12-9(11)13-5-6)8(19-10)14-20(15,16)17-3/h4-5,7-8,14H,1-3H3. The summed E-state index contributed by atoms with van der Waals surface area (Å²) in [7, 11) is -2.88. The molecule has 1 N–H and O–H groups in total. The zero-order valence-corrected chi connectivity index (χ0v) is 12.6. The highest BCUT2D eigenvalue weighted by Gasteiger charge is 2.44. The van der Waals surface area contributed by atoms with Crippen molar-refractivity contribution in [1.82, 2.24) is 14.7 Å². The van der Waals surface area contributed by atoms with Gasteiger partial charge in [-0.15, -0.1) is 0 Å². The SMILES string of the molecule is COS(=O)(=O)NC1OC(C)(C)OC1c1cnc(Cl)nc1. The number of hydrogen-bond donors (Lipinski definition) is 1. The average Bonchev–Trinajstić information content (AvgIpc) is 2.64. The predicted molar refractivity (Wildman–Crippen MR) is 68.9 cm³/mol. The summed E-state index contributed by atoms with van der Waals surface area (Å²) in [4.78, 5) is 7.67. The van der Waals surface area contributed by atoms with E-state index in [4.69, 9.17) is 21.1 Å². The van der Waals surface area contributed by atoms with Crippen LogP contribution in [-0.2, 0) is 24.0 Å². The molecule has 8 nitrogen and oxygen atoms in total. The second-order valence-electron chi connectivity index (χ2n) is 4.50. The molecule has 1 saturated heterocycles. The summed E-state index contributed by atoms with van der Waals surface area (Å²) in [5.74, 6) is -0.967. The molecule has 1 aliphatic heterocycles. The molecule has 1 fully saturated rings. The molecule has 0 saturated carbocycles. The van der Waals surface area contributed by atoms with Crippen molar-refractivity contribution in [3.63, 3.8) is 0 Å². The van der Waals surface area contributed by atoms with E-state index in [-0.39, 0.29) is 5.28 Å². The molecule has 2 unspecified atom stereocenters. The number of nitrogens with one attached hydrogen (secondary N) is 1. The van der Waals surface area contributed by atoms with Crippen molar-refractivity contribution in [1.29, 1.82) is 0 Å². The average molecular weight is 324 g/mol. The smallest absolute Gasteiger partial charge is 0.337 e. The normalized spacial score (nSPS) is 25.8. The Morgan fingerprint density at radius 3 is 2.50 bits per heavy atom. The summed E-state index contributed by atoms with van der Waals surface area (Å²) >= 11 is 5.61. The second-order valence-corrected chi connectivity index (χ2v) is 6.32. The summed E-state index contributed by atoms with van der Waals surface area (Å²) in [6.45, 7) is 3.33. The molecule has 0 aromatic carbocycles. The van der Waals surface area contributed by atoms with Gasteiger partial charge in [-0.3, -0.25) is 4.18 Å². The Bertz CT molecular complexity index is 577. The van der Waals surface area contributed by atoms with Gasteiger partial charge in [-0.25, -0.2) is 9.97 Å². The third-order valence-corrected chi connectivity index (χ3v) is 3.70. The van der Waals surface area contributed by atoms with E-state index in [1.807, 2.05) is 0 Å². The predicted octanol–water partition coefficient (Wildman–Crippen LogP) is 0.761. The topological polar surface area (TPSA) is 99.6 Å². The van der Waals surface area contributed by atoms with Crippen molar-refractivity contribution in [3.8, 4) is 0 Å². The molecular weight excluding hydrogens is 310 g/mol. The maximum Gasteiger partial charge on any atom is 0.337 e. The number of ether oxygens (including phenoxy) is 2. The number of nitrogens with zero attached hydrogens (tertiary/aromatic N) is 2. The summed E-state index contributed by atoms with van der Waals surface area (Å²) in [5, 5.41) is 0.0842. The molecule has 1 aromatic heterocycles. The van der Waals surface area contributed by atoms with Crippen molar-refractivity contribution in [2.75, 3.05) is 7.11 Å². The molecule has 1 aromatic rings. The van der Waals surface area contributed by atoms with Crippen LogP contribution in [0.2, 0.25) is 5.28 Å². The van der Waals surface area contributed by atoms with Crippen LogP contribution in [0.3, 0.4) is 0 Å². The first-order chi connectivity index (χ1) is 9.22. The van der Waals surface area contributed by atoms with Crippen LogP contribution in [0.5, 0.6) is 0 Å². The van der Waals surface area contributed by atoms with Crippen molar-refractivity contribution in [2.24, 2.45) is 0 Å². The quantitative estimate of drug-likeness (QED) is 0.816. The highest BCUT2D eigenvalue weighted by atomic mass is 35.5. The summed E-state index contributed by atoms with van der Waals surface area (Å²) in [6.07, 6.45) is 1.21. The van der Waals surface area contributed by atoms with Gasteiger partial charge in [0.1, 0.15) is 6.10 Å². The maximum atomic E-state index is 11.5. The highest BCUT2D eigenvalue weighted by Crippen LogP contribution is 2.37. The van der Waals surface area contributed by atoms with Crippen LogP contribution in [-0.4, -0.2) is 37.5 Å². The number of aromatic nitrogens is 2. The van der Waals surface area contributed by atoms with E-state index < -0.39 is 28.4 Å². The minimum absolute atomic E-state index is 0.0842. The van der Waals surface area contributed by atoms with Gasteiger partial charge in [-0.2, -0.15) is 13.1 Å². The van der Waals surface area contributed by atoms with Gasteiger partial charge in [0.15, 0.2) is 12.0 Å². The van der Waals surface area contributed by atoms with Gasteiger partial charge in [0.05, 0.1) is 7.11 Å². The van der Waals surface area contributed by atoms with Crippen LogP contribution in [0, 0.1) is 0 Å². The van der Waals surface area contributed by atoms with Crippen LogP contribution < -0.4 is 4.72 Å². The summed E-state index contributed by atoms with van der Waals surface area (Å²) in [6, 6.07) is 0. The number of hydrogen-bond acceptors (Lipinski definition) is 7. The molecule has 0 spiro atoms. The van der Waals surface area contributed by atoms with E-state index in [0.717, 1.165) is 7.11 Å². The van der Waals surface area contributed by atoms with Crippen LogP contribution in [0.15, 0.2) is 12.4 Å². The Labute approximate surface area is 121 Å². The molecule has 112 valence electrons. The van der Waals surface area contributed by atoms with Crippen molar-refractivity contribution < 1.29 is 22.1 Å². The second kappa shape index (κ2) is 5.51. The Balaban J connectivity index is 2.26. The van der Waals surface area contributed by atoms with E-state index in [1.54, 1.807) is 13.8 Å². The third kappa shape index (κ3) is 3.62. The Morgan fingerprint density at radius 2 is 1.95 bits per heavy atom. The summed E-state index contributed by atoms with van der Waals surface area (Å²) < 4.78 is 40.7. The monoisotopic (exact) mass is 323 g/mol. The molecular formula is C10H14ClN3O5S. The lowest BCUT2D eigenvalue weighted by molar-refractivity contribution is -0.147. The van der Waals surface area contributed by atoms with Crippen LogP contribution >= 0.6 is 11.6 Å². The fourth-order valence-electron chi connectivity index (χ4n) is 1.75. The third-order valence-electron chi connectivity index (χ3n) is 2.55. The highest BCUT2D eigenvalue weighted by molar-refractivity contribution is 7.84. The number of rotatable bonds is 4. The Morgan fingerprint density at radius 1 is 1.35 bits per heavy atom. The molecule has 2 atom stereocenters. The maximum absolute atomic E-state index is 11.5.